The van der Waals surface area contributed by atoms with Crippen molar-refractivity contribution in [2.24, 2.45) is 0 Å². The van der Waals surface area contributed by atoms with Gasteiger partial charge < -0.3 is 15.0 Å². The van der Waals surface area contributed by atoms with E-state index < -0.39 is 0 Å². The third kappa shape index (κ3) is 2.73. The molecule has 20 heavy (non-hydrogen) atoms. The number of anilines is 1. The van der Waals surface area contributed by atoms with Crippen LogP contribution in [0.3, 0.4) is 0 Å². The van der Waals surface area contributed by atoms with Crippen LogP contribution in [0.2, 0.25) is 0 Å². The van der Waals surface area contributed by atoms with Crippen LogP contribution in [-0.2, 0) is 0 Å². The van der Waals surface area contributed by atoms with E-state index in [9.17, 15) is 0 Å². The van der Waals surface area contributed by atoms with E-state index in [0.717, 1.165) is 49.9 Å². The average Bonchev–Trinajstić information content (AvgIpc) is 2.89. The van der Waals surface area contributed by atoms with Crippen LogP contribution in [0.4, 0.5) is 5.82 Å². The average molecular weight is 276 g/mol. The van der Waals surface area contributed by atoms with E-state index >= 15 is 0 Å². The van der Waals surface area contributed by atoms with E-state index in [0.29, 0.717) is 5.92 Å². The van der Waals surface area contributed by atoms with Crippen molar-refractivity contribution in [3.63, 3.8) is 0 Å². The minimum Gasteiger partial charge on any atom is -0.491 e. The van der Waals surface area contributed by atoms with Gasteiger partial charge in [-0.05, 0) is 25.8 Å². The summed E-state index contributed by atoms with van der Waals surface area (Å²) in [7, 11) is 1.75. The Labute approximate surface area is 120 Å². The summed E-state index contributed by atoms with van der Waals surface area (Å²) < 4.78 is 5.70. The molecule has 5 heteroatoms. The van der Waals surface area contributed by atoms with Crippen molar-refractivity contribution < 1.29 is 4.74 Å². The number of nitrogens with zero attached hydrogens (tertiary/aromatic N) is 3. The van der Waals surface area contributed by atoms with Crippen LogP contribution in [0.1, 0.15) is 43.7 Å². The molecule has 0 radical (unpaired) electrons. The van der Waals surface area contributed by atoms with Crippen LogP contribution in [0, 0.1) is 0 Å². The van der Waals surface area contributed by atoms with Crippen LogP contribution in [0.15, 0.2) is 6.33 Å². The number of methoxy groups -OCH3 is 1. The second-order valence-corrected chi connectivity index (χ2v) is 5.69. The van der Waals surface area contributed by atoms with Gasteiger partial charge in [0.2, 0.25) is 0 Å². The predicted molar refractivity (Wildman–Crippen MR) is 79.5 cm³/mol. The maximum atomic E-state index is 5.70. The van der Waals surface area contributed by atoms with Crippen molar-refractivity contribution in [1.82, 2.24) is 15.3 Å². The predicted octanol–water partition coefficient (Wildman–Crippen LogP) is 1.94. The molecule has 2 aliphatic rings. The second-order valence-electron chi connectivity index (χ2n) is 5.69. The lowest BCUT2D eigenvalue weighted by Gasteiger charge is -2.25. The van der Waals surface area contributed by atoms with Gasteiger partial charge in [0.1, 0.15) is 6.33 Å². The number of nitrogens with one attached hydrogen (secondary N) is 1. The van der Waals surface area contributed by atoms with Crippen molar-refractivity contribution in [2.45, 2.75) is 38.0 Å². The first-order valence-electron chi connectivity index (χ1n) is 7.74. The molecule has 0 unspecified atom stereocenters. The Morgan fingerprint density at radius 3 is 2.80 bits per heavy atom. The standard InChI is InChI=1S/C15H24N4O/c1-20-14-13(12-5-2-3-6-12)17-11-18-15(14)19-9-4-7-16-8-10-19/h11-12,16H,2-10H2,1H3. The Hall–Kier alpha value is -1.36. The van der Waals surface area contributed by atoms with Crippen LogP contribution in [0.25, 0.3) is 0 Å². The summed E-state index contributed by atoms with van der Waals surface area (Å²) in [4.78, 5) is 11.4. The number of aromatic nitrogens is 2. The molecular weight excluding hydrogens is 252 g/mol. The normalized spacial score (nSPS) is 20.9. The molecule has 1 saturated carbocycles. The highest BCUT2D eigenvalue weighted by Gasteiger charge is 2.26. The van der Waals surface area contributed by atoms with Crippen LogP contribution >= 0.6 is 0 Å². The molecule has 0 aromatic carbocycles. The first kappa shape index (κ1) is 13.6. The first-order valence-corrected chi connectivity index (χ1v) is 7.74. The van der Waals surface area contributed by atoms with Gasteiger partial charge in [-0.15, -0.1) is 0 Å². The molecule has 0 bridgehead atoms. The maximum absolute atomic E-state index is 5.70. The second kappa shape index (κ2) is 6.39. The maximum Gasteiger partial charge on any atom is 0.183 e. The van der Waals surface area contributed by atoms with Gasteiger partial charge in [-0.25, -0.2) is 9.97 Å². The fourth-order valence-electron chi connectivity index (χ4n) is 3.35. The van der Waals surface area contributed by atoms with E-state index in [1.807, 2.05) is 0 Å². The summed E-state index contributed by atoms with van der Waals surface area (Å²) in [5, 5.41) is 3.43. The van der Waals surface area contributed by atoms with Gasteiger partial charge in [-0.2, -0.15) is 0 Å². The lowest BCUT2D eigenvalue weighted by molar-refractivity contribution is 0.399. The minimum absolute atomic E-state index is 0.553. The topological polar surface area (TPSA) is 50.3 Å². The lowest BCUT2D eigenvalue weighted by atomic mass is 10.0. The van der Waals surface area contributed by atoms with Gasteiger partial charge in [-0.3, -0.25) is 0 Å². The summed E-state index contributed by atoms with van der Waals surface area (Å²) in [6.45, 7) is 4.10. The first-order chi connectivity index (χ1) is 9.90. The van der Waals surface area contributed by atoms with Crippen LogP contribution in [-0.4, -0.2) is 43.3 Å². The quantitative estimate of drug-likeness (QED) is 0.914. The minimum atomic E-state index is 0.553. The molecule has 2 fully saturated rings. The van der Waals surface area contributed by atoms with Gasteiger partial charge in [-0.1, -0.05) is 12.8 Å². The highest BCUT2D eigenvalue weighted by Crippen LogP contribution is 2.40. The van der Waals surface area contributed by atoms with Crippen molar-refractivity contribution in [1.29, 1.82) is 0 Å². The SMILES string of the molecule is COc1c(C2CCCC2)ncnc1N1CCCNCC1. The summed E-state index contributed by atoms with van der Waals surface area (Å²) in [6, 6.07) is 0. The van der Waals surface area contributed by atoms with Gasteiger partial charge >= 0.3 is 0 Å². The van der Waals surface area contributed by atoms with Crippen molar-refractivity contribution in [2.75, 3.05) is 38.2 Å². The zero-order chi connectivity index (χ0) is 13.8. The third-order valence-corrected chi connectivity index (χ3v) is 4.40. The number of hydrogen-bond donors (Lipinski definition) is 1. The monoisotopic (exact) mass is 276 g/mol. The molecule has 0 atom stereocenters. The van der Waals surface area contributed by atoms with Crippen molar-refractivity contribution in [3.05, 3.63) is 12.0 Å². The zero-order valence-corrected chi connectivity index (χ0v) is 12.3. The molecule has 1 aromatic rings. The number of hydrogen-bond acceptors (Lipinski definition) is 5. The lowest BCUT2D eigenvalue weighted by Crippen LogP contribution is -2.29. The Kier molecular flexibility index (Phi) is 4.35. The van der Waals surface area contributed by atoms with E-state index in [1.54, 1.807) is 13.4 Å². The molecule has 0 spiro atoms. The fourth-order valence-corrected chi connectivity index (χ4v) is 3.35. The Bertz CT molecular complexity index is 437. The molecule has 5 nitrogen and oxygen atoms in total. The summed E-state index contributed by atoms with van der Waals surface area (Å²) in [5.41, 5.74) is 1.12. The van der Waals surface area contributed by atoms with Gasteiger partial charge in [0.15, 0.2) is 11.6 Å². The zero-order valence-electron chi connectivity index (χ0n) is 12.3. The largest absolute Gasteiger partial charge is 0.491 e. The van der Waals surface area contributed by atoms with Crippen molar-refractivity contribution in [3.8, 4) is 5.75 Å². The molecule has 1 saturated heterocycles. The molecule has 1 aliphatic carbocycles. The van der Waals surface area contributed by atoms with E-state index in [1.165, 1.54) is 25.7 Å². The Morgan fingerprint density at radius 1 is 1.15 bits per heavy atom. The molecule has 1 N–H and O–H groups in total. The van der Waals surface area contributed by atoms with Gasteiger partial charge in [0.05, 0.1) is 12.8 Å². The molecular formula is C15H24N4O. The number of rotatable bonds is 3. The summed E-state index contributed by atoms with van der Waals surface area (Å²) >= 11 is 0. The highest BCUT2D eigenvalue weighted by atomic mass is 16.5. The van der Waals surface area contributed by atoms with E-state index in [4.69, 9.17) is 4.74 Å². The Morgan fingerprint density at radius 2 is 2.00 bits per heavy atom. The smallest absolute Gasteiger partial charge is 0.183 e. The van der Waals surface area contributed by atoms with Gasteiger partial charge in [0, 0.05) is 25.6 Å². The molecule has 110 valence electrons. The van der Waals surface area contributed by atoms with E-state index in [-0.39, 0.29) is 0 Å². The molecule has 1 aliphatic heterocycles. The third-order valence-electron chi connectivity index (χ3n) is 4.40. The van der Waals surface area contributed by atoms with Crippen molar-refractivity contribution >= 4 is 5.82 Å². The molecule has 2 heterocycles. The molecule has 1 aromatic heterocycles. The summed E-state index contributed by atoms with van der Waals surface area (Å²) in [5.74, 6) is 2.44. The van der Waals surface area contributed by atoms with Gasteiger partial charge in [0.25, 0.3) is 0 Å². The molecule has 3 rings (SSSR count). The van der Waals surface area contributed by atoms with Crippen LogP contribution < -0.4 is 15.0 Å². The van der Waals surface area contributed by atoms with Crippen LogP contribution in [0.5, 0.6) is 5.75 Å². The highest BCUT2D eigenvalue weighted by molar-refractivity contribution is 5.55. The summed E-state index contributed by atoms with van der Waals surface area (Å²) in [6.07, 6.45) is 7.93. The fraction of sp³-hybridized carbons (Fsp3) is 0.733. The molecule has 0 amide bonds. The Balaban J connectivity index is 1.90. The van der Waals surface area contributed by atoms with E-state index in [2.05, 4.69) is 20.2 Å². The number of ether oxygens (including phenoxy) is 1.